The Morgan fingerprint density at radius 2 is 1.79 bits per heavy atom. The first-order valence-electron chi connectivity index (χ1n) is 5.91. The van der Waals surface area contributed by atoms with Gasteiger partial charge in [-0.25, -0.2) is 4.39 Å². The van der Waals surface area contributed by atoms with Crippen molar-refractivity contribution in [2.75, 3.05) is 0 Å². The molecular formula is C15H13BrClFO. The Morgan fingerprint density at radius 1 is 1.11 bits per heavy atom. The summed E-state index contributed by atoms with van der Waals surface area (Å²) in [6.07, 6.45) is 0.114. The average Bonchev–Trinajstić information content (AvgIpc) is 2.36. The maximum atomic E-state index is 13.6. The molecule has 0 aliphatic carbocycles. The maximum absolute atomic E-state index is 13.6. The molecule has 0 saturated carbocycles. The number of halogens is 3. The molecule has 0 aliphatic heterocycles. The van der Waals surface area contributed by atoms with Crippen LogP contribution in [0.4, 0.5) is 4.39 Å². The summed E-state index contributed by atoms with van der Waals surface area (Å²) in [6.45, 7) is 0. The Hall–Kier alpha value is -0.900. The molecule has 1 N–H and O–H groups in total. The molecule has 0 bridgehead atoms. The Kier molecular flexibility index (Phi) is 4.97. The first-order valence-corrected chi connectivity index (χ1v) is 7.09. The summed E-state index contributed by atoms with van der Waals surface area (Å²) in [5.74, 6) is -0.376. The van der Waals surface area contributed by atoms with Crippen LogP contribution in [0, 0.1) is 5.82 Å². The number of hydrogen-bond donors (Lipinski definition) is 1. The summed E-state index contributed by atoms with van der Waals surface area (Å²) >= 11 is 9.13. The molecule has 0 radical (unpaired) electrons. The molecule has 4 heteroatoms. The van der Waals surface area contributed by atoms with Crippen molar-refractivity contribution >= 4 is 27.5 Å². The van der Waals surface area contributed by atoms with Gasteiger partial charge in [-0.2, -0.15) is 0 Å². The van der Waals surface area contributed by atoms with Crippen molar-refractivity contribution in [3.63, 3.8) is 0 Å². The lowest BCUT2D eigenvalue weighted by Crippen LogP contribution is -2.15. The third-order valence-corrected chi connectivity index (χ3v) is 3.89. The lowest BCUT2D eigenvalue weighted by Gasteiger charge is -2.12. The lowest BCUT2D eigenvalue weighted by molar-refractivity contribution is 0.174. The van der Waals surface area contributed by atoms with E-state index in [1.165, 1.54) is 6.07 Å². The smallest absolute Gasteiger partial charge is 0.127 e. The zero-order valence-electron chi connectivity index (χ0n) is 10.1. The minimum Gasteiger partial charge on any atom is -0.392 e. The molecule has 100 valence electrons. The van der Waals surface area contributed by atoms with Crippen molar-refractivity contribution in [1.29, 1.82) is 0 Å². The van der Waals surface area contributed by atoms with Crippen molar-refractivity contribution in [2.24, 2.45) is 0 Å². The Morgan fingerprint density at radius 3 is 2.47 bits per heavy atom. The van der Waals surface area contributed by atoms with Crippen LogP contribution in [-0.2, 0) is 12.8 Å². The number of hydrogen-bond acceptors (Lipinski definition) is 1. The largest absolute Gasteiger partial charge is 0.392 e. The van der Waals surface area contributed by atoms with Crippen LogP contribution in [0.1, 0.15) is 11.1 Å². The van der Waals surface area contributed by atoms with Gasteiger partial charge in [0.15, 0.2) is 0 Å². The van der Waals surface area contributed by atoms with Gasteiger partial charge in [-0.1, -0.05) is 51.8 Å². The molecule has 0 fully saturated rings. The normalized spacial score (nSPS) is 12.4. The Labute approximate surface area is 125 Å². The van der Waals surface area contributed by atoms with Gasteiger partial charge in [-0.15, -0.1) is 0 Å². The summed E-state index contributed by atoms with van der Waals surface area (Å²) in [5, 5.41) is 10.4. The summed E-state index contributed by atoms with van der Waals surface area (Å²) in [4.78, 5) is 0. The second kappa shape index (κ2) is 6.51. The summed E-state index contributed by atoms with van der Waals surface area (Å²) in [6, 6.07) is 12.2. The van der Waals surface area contributed by atoms with E-state index < -0.39 is 6.10 Å². The van der Waals surface area contributed by atoms with Gasteiger partial charge in [-0.3, -0.25) is 0 Å². The third kappa shape index (κ3) is 4.03. The highest BCUT2D eigenvalue weighted by Crippen LogP contribution is 2.20. The molecule has 1 atom stereocenters. The monoisotopic (exact) mass is 342 g/mol. The summed E-state index contributed by atoms with van der Waals surface area (Å²) < 4.78 is 14.6. The highest BCUT2D eigenvalue weighted by molar-refractivity contribution is 9.10. The average molecular weight is 344 g/mol. The number of aliphatic hydroxyl groups excluding tert-OH is 1. The molecule has 0 heterocycles. The van der Waals surface area contributed by atoms with Crippen LogP contribution in [0.3, 0.4) is 0 Å². The summed E-state index contributed by atoms with van der Waals surface area (Å²) in [7, 11) is 0. The molecule has 19 heavy (non-hydrogen) atoms. The second-order valence-corrected chi connectivity index (χ2v) is 5.68. The van der Waals surface area contributed by atoms with Gasteiger partial charge < -0.3 is 5.11 Å². The van der Waals surface area contributed by atoms with E-state index >= 15 is 0 Å². The van der Waals surface area contributed by atoms with Gasteiger partial charge >= 0.3 is 0 Å². The number of aliphatic hydroxyl groups is 1. The van der Waals surface area contributed by atoms with Gasteiger partial charge in [0.2, 0.25) is 0 Å². The molecule has 0 aromatic heterocycles. The fraction of sp³-hybridized carbons (Fsp3) is 0.200. The van der Waals surface area contributed by atoms with Gasteiger partial charge in [0.25, 0.3) is 0 Å². The Balaban J connectivity index is 2.05. The molecule has 2 aromatic carbocycles. The van der Waals surface area contributed by atoms with Crippen LogP contribution in [0.25, 0.3) is 0 Å². The van der Waals surface area contributed by atoms with Gasteiger partial charge in [0.1, 0.15) is 5.82 Å². The van der Waals surface area contributed by atoms with E-state index in [1.54, 1.807) is 12.1 Å². The van der Waals surface area contributed by atoms with Crippen LogP contribution in [0.15, 0.2) is 46.9 Å². The SMILES string of the molecule is OC(Cc1ccc(Cl)cc1F)Cc1ccccc1Br. The fourth-order valence-electron chi connectivity index (χ4n) is 1.93. The van der Waals surface area contributed by atoms with Crippen molar-refractivity contribution in [3.8, 4) is 0 Å². The van der Waals surface area contributed by atoms with Gasteiger partial charge in [0.05, 0.1) is 6.10 Å². The Bertz CT molecular complexity index is 574. The van der Waals surface area contributed by atoms with E-state index in [4.69, 9.17) is 11.6 Å². The van der Waals surface area contributed by atoms with Crippen molar-refractivity contribution in [2.45, 2.75) is 18.9 Å². The predicted octanol–water partition coefficient (Wildman–Crippen LogP) is 4.39. The minimum atomic E-state index is -0.630. The molecule has 2 aromatic rings. The standard InChI is InChI=1S/C15H13BrClFO/c16-14-4-2-1-3-10(14)7-13(19)8-11-5-6-12(17)9-15(11)18/h1-6,9,13,19H,7-8H2. The van der Waals surface area contributed by atoms with E-state index in [-0.39, 0.29) is 12.2 Å². The minimum absolute atomic E-state index is 0.268. The van der Waals surface area contributed by atoms with E-state index in [9.17, 15) is 9.50 Å². The quantitative estimate of drug-likeness (QED) is 0.873. The van der Waals surface area contributed by atoms with Crippen molar-refractivity contribution in [3.05, 3.63) is 68.9 Å². The fourth-order valence-corrected chi connectivity index (χ4v) is 2.54. The molecule has 1 unspecified atom stereocenters. The highest BCUT2D eigenvalue weighted by atomic mass is 79.9. The highest BCUT2D eigenvalue weighted by Gasteiger charge is 2.12. The van der Waals surface area contributed by atoms with Crippen LogP contribution in [0.5, 0.6) is 0 Å². The zero-order chi connectivity index (χ0) is 13.8. The summed E-state index contributed by atoms with van der Waals surface area (Å²) in [5.41, 5.74) is 1.48. The van der Waals surface area contributed by atoms with E-state index in [0.29, 0.717) is 17.0 Å². The van der Waals surface area contributed by atoms with E-state index in [1.807, 2.05) is 24.3 Å². The van der Waals surface area contributed by atoms with Crippen molar-refractivity contribution in [1.82, 2.24) is 0 Å². The molecule has 0 spiro atoms. The first kappa shape index (κ1) is 14.5. The molecule has 0 amide bonds. The maximum Gasteiger partial charge on any atom is 0.127 e. The van der Waals surface area contributed by atoms with Crippen LogP contribution in [-0.4, -0.2) is 11.2 Å². The molecular weight excluding hydrogens is 331 g/mol. The molecule has 0 aliphatic rings. The predicted molar refractivity (Wildman–Crippen MR) is 79.0 cm³/mol. The topological polar surface area (TPSA) is 20.2 Å². The van der Waals surface area contributed by atoms with Crippen LogP contribution >= 0.6 is 27.5 Å². The van der Waals surface area contributed by atoms with E-state index in [2.05, 4.69) is 15.9 Å². The van der Waals surface area contributed by atoms with Crippen LogP contribution < -0.4 is 0 Å². The second-order valence-electron chi connectivity index (χ2n) is 4.39. The molecule has 0 saturated heterocycles. The lowest BCUT2D eigenvalue weighted by atomic mass is 10.0. The van der Waals surface area contributed by atoms with Gasteiger partial charge in [-0.05, 0) is 35.7 Å². The zero-order valence-corrected chi connectivity index (χ0v) is 12.5. The van der Waals surface area contributed by atoms with Crippen molar-refractivity contribution < 1.29 is 9.50 Å². The van der Waals surface area contributed by atoms with E-state index in [0.717, 1.165) is 10.0 Å². The molecule has 1 nitrogen and oxygen atoms in total. The van der Waals surface area contributed by atoms with Crippen LogP contribution in [0.2, 0.25) is 5.02 Å². The number of rotatable bonds is 4. The molecule has 2 rings (SSSR count). The first-order chi connectivity index (χ1) is 9.06. The third-order valence-electron chi connectivity index (χ3n) is 2.88. The number of benzene rings is 2. The van der Waals surface area contributed by atoms with Gasteiger partial charge in [0, 0.05) is 15.9 Å².